The van der Waals surface area contributed by atoms with Crippen molar-refractivity contribution in [1.29, 1.82) is 0 Å². The molecule has 0 fully saturated rings. The van der Waals surface area contributed by atoms with Crippen LogP contribution < -0.4 is 9.47 Å². The van der Waals surface area contributed by atoms with Gasteiger partial charge in [-0.3, -0.25) is 0 Å². The summed E-state index contributed by atoms with van der Waals surface area (Å²) in [5.74, 6) is 0.816. The van der Waals surface area contributed by atoms with Gasteiger partial charge in [0.05, 0.1) is 7.11 Å². The number of fused-ring (bicyclic) bond motifs is 2. The van der Waals surface area contributed by atoms with Gasteiger partial charge >= 0.3 is 0 Å². The summed E-state index contributed by atoms with van der Waals surface area (Å²) in [5, 5.41) is 12.6. The minimum absolute atomic E-state index is 0.574. The van der Waals surface area contributed by atoms with Gasteiger partial charge in [0.1, 0.15) is 16.8 Å². The first kappa shape index (κ1) is 14.5. The number of methoxy groups -OCH3 is 1. The smallest absolute Gasteiger partial charge is 0.243 e. The van der Waals surface area contributed by atoms with Gasteiger partial charge in [0, 0.05) is 12.1 Å². The second-order valence-corrected chi connectivity index (χ2v) is 5.83. The monoisotopic (exact) mass is 316 g/mol. The zero-order valence-corrected chi connectivity index (χ0v) is 13.5. The maximum absolute atomic E-state index is 12.6. The van der Waals surface area contributed by atoms with Crippen LogP contribution >= 0.6 is 0 Å². The molecule has 1 heterocycles. The van der Waals surface area contributed by atoms with Gasteiger partial charge in [0.25, 0.3) is 0 Å². The molecule has 0 atom stereocenters. The van der Waals surface area contributed by atoms with Crippen molar-refractivity contribution in [3.63, 3.8) is 0 Å². The number of aromatic nitrogens is 2. The zero-order chi connectivity index (χ0) is 16.7. The molecule has 1 aromatic heterocycles. The van der Waals surface area contributed by atoms with Crippen molar-refractivity contribution in [1.82, 2.24) is 4.98 Å². The molecule has 3 aromatic carbocycles. The molecule has 0 unspecified atom stereocenters. The Morgan fingerprint density at radius 3 is 2.33 bits per heavy atom. The average Bonchev–Trinajstić information content (AvgIpc) is 2.62. The highest BCUT2D eigenvalue weighted by molar-refractivity contribution is 5.85. The van der Waals surface area contributed by atoms with Crippen LogP contribution in [0, 0.1) is 12.1 Å². The molecule has 0 aliphatic rings. The third-order valence-corrected chi connectivity index (χ3v) is 4.21. The topological polar surface area (TPSA) is 49.1 Å². The van der Waals surface area contributed by atoms with Crippen LogP contribution in [-0.2, 0) is 0 Å². The van der Waals surface area contributed by atoms with Crippen molar-refractivity contribution in [2.75, 3.05) is 7.11 Å². The molecule has 4 rings (SSSR count). The predicted molar refractivity (Wildman–Crippen MR) is 94.9 cm³/mol. The molecule has 0 N–H and O–H groups in total. The van der Waals surface area contributed by atoms with E-state index < -0.39 is 0 Å². The molecule has 0 radical (unpaired) electrons. The minimum atomic E-state index is 0.574. The molecular weight excluding hydrogens is 300 g/mol. The molecule has 0 aliphatic carbocycles. The van der Waals surface area contributed by atoms with Crippen LogP contribution in [0.3, 0.4) is 0 Å². The lowest BCUT2D eigenvalue weighted by Gasteiger charge is -2.08. The Bertz CT molecular complexity index is 1060. The number of ether oxygens (including phenoxy) is 1. The van der Waals surface area contributed by atoms with Crippen molar-refractivity contribution >= 4 is 22.1 Å². The fraction of sp³-hybridized carbons (Fsp3) is 0.100. The second kappa shape index (κ2) is 5.49. The van der Waals surface area contributed by atoms with Crippen molar-refractivity contribution in [2.24, 2.45) is 0 Å². The molecule has 0 spiro atoms. The molecule has 4 aromatic rings. The first-order valence-electron chi connectivity index (χ1n) is 7.74. The Morgan fingerprint density at radius 2 is 1.58 bits per heavy atom. The molecule has 0 amide bonds. The normalized spacial score (nSPS) is 11.1. The van der Waals surface area contributed by atoms with Gasteiger partial charge in [-0.25, -0.2) is 4.98 Å². The van der Waals surface area contributed by atoms with Gasteiger partial charge in [-0.2, -0.15) is 4.73 Å². The molecule has 0 aliphatic heterocycles. The Hall–Kier alpha value is -3.14. The Labute approximate surface area is 139 Å². The first-order chi connectivity index (χ1) is 11.7. The van der Waals surface area contributed by atoms with Gasteiger partial charge in [-0.1, -0.05) is 18.2 Å². The Balaban J connectivity index is 1.91. The number of nitrogens with zero attached hydrogens (tertiary/aromatic N) is 2. The van der Waals surface area contributed by atoms with E-state index in [1.165, 1.54) is 0 Å². The van der Waals surface area contributed by atoms with Gasteiger partial charge in [-0.15, -0.1) is 0 Å². The number of hydrogen-bond donors (Lipinski definition) is 0. The summed E-state index contributed by atoms with van der Waals surface area (Å²) in [7, 11) is 1.65. The summed E-state index contributed by atoms with van der Waals surface area (Å²) in [4.78, 5) is 4.65. The van der Waals surface area contributed by atoms with E-state index in [0.717, 1.165) is 27.2 Å². The molecular formula is C20H16N2O2. The van der Waals surface area contributed by atoms with E-state index in [0.29, 0.717) is 22.1 Å². The molecule has 118 valence electrons. The summed E-state index contributed by atoms with van der Waals surface area (Å²) in [6.45, 7) is 1.97. The predicted octanol–water partition coefficient (Wildman–Crippen LogP) is 4.01. The van der Waals surface area contributed by atoms with E-state index in [1.807, 2.05) is 67.6 Å². The van der Waals surface area contributed by atoms with Crippen molar-refractivity contribution in [3.8, 4) is 16.9 Å². The highest BCUT2D eigenvalue weighted by Gasteiger charge is 2.13. The largest absolute Gasteiger partial charge is 0.618 e. The lowest BCUT2D eigenvalue weighted by molar-refractivity contribution is -0.548. The third kappa shape index (κ3) is 2.33. The van der Waals surface area contributed by atoms with E-state index in [-0.39, 0.29) is 0 Å². The summed E-state index contributed by atoms with van der Waals surface area (Å²) < 4.78 is 6.15. The summed E-state index contributed by atoms with van der Waals surface area (Å²) >= 11 is 0. The second-order valence-electron chi connectivity index (χ2n) is 5.83. The Morgan fingerprint density at radius 1 is 0.833 bits per heavy atom. The van der Waals surface area contributed by atoms with E-state index in [2.05, 4.69) is 4.98 Å². The summed E-state index contributed by atoms with van der Waals surface area (Å²) in [6, 6.07) is 19.3. The summed E-state index contributed by atoms with van der Waals surface area (Å²) in [5.41, 5.74) is 5.68. The van der Waals surface area contributed by atoms with E-state index >= 15 is 0 Å². The number of aryl methyl sites for hydroxylation is 1. The van der Waals surface area contributed by atoms with Crippen LogP contribution in [0.4, 0.5) is 0 Å². The number of benzene rings is 3. The lowest BCUT2D eigenvalue weighted by Crippen LogP contribution is -2.28. The fourth-order valence-electron chi connectivity index (χ4n) is 2.90. The molecule has 0 bridgehead atoms. The maximum atomic E-state index is 12.6. The number of rotatable bonds is 2. The van der Waals surface area contributed by atoms with Gasteiger partial charge in [0.2, 0.25) is 11.0 Å². The van der Waals surface area contributed by atoms with Crippen molar-refractivity contribution in [3.05, 3.63) is 71.4 Å². The van der Waals surface area contributed by atoms with E-state index in [9.17, 15) is 5.21 Å². The third-order valence-electron chi connectivity index (χ3n) is 4.21. The minimum Gasteiger partial charge on any atom is -0.618 e. The van der Waals surface area contributed by atoms with Crippen LogP contribution in [-0.4, -0.2) is 12.1 Å². The van der Waals surface area contributed by atoms with E-state index in [4.69, 9.17) is 4.74 Å². The van der Waals surface area contributed by atoms with Gasteiger partial charge in [0.15, 0.2) is 0 Å². The first-order valence-corrected chi connectivity index (χ1v) is 7.74. The molecule has 4 heteroatoms. The molecule has 0 saturated carbocycles. The Kier molecular flexibility index (Phi) is 3.31. The zero-order valence-electron chi connectivity index (χ0n) is 13.5. The van der Waals surface area contributed by atoms with Crippen LogP contribution in [0.15, 0.2) is 60.7 Å². The lowest BCUT2D eigenvalue weighted by atomic mass is 10.0. The molecule has 4 nitrogen and oxygen atoms in total. The van der Waals surface area contributed by atoms with Crippen LogP contribution in [0.25, 0.3) is 33.2 Å². The highest BCUT2D eigenvalue weighted by atomic mass is 16.5. The highest BCUT2D eigenvalue weighted by Crippen LogP contribution is 2.25. The SMILES string of the molecule is COc1ccc(-c2ccc3c(c2)nc2ccc(C)cc2[n+]3[O-])cc1. The molecule has 0 saturated heterocycles. The van der Waals surface area contributed by atoms with Crippen molar-refractivity contribution < 1.29 is 9.47 Å². The summed E-state index contributed by atoms with van der Waals surface area (Å²) in [6.07, 6.45) is 0. The number of hydrogen-bond acceptors (Lipinski definition) is 3. The standard InChI is InChI=1S/C20H16N2O2/c1-13-3-9-17-20(11-13)22(23)19-10-6-15(12-18(19)21-17)14-4-7-16(24-2)8-5-14/h3-12H,1-2H3. The quantitative estimate of drug-likeness (QED) is 0.319. The molecule has 24 heavy (non-hydrogen) atoms. The van der Waals surface area contributed by atoms with Gasteiger partial charge < -0.3 is 9.94 Å². The van der Waals surface area contributed by atoms with E-state index in [1.54, 1.807) is 7.11 Å². The van der Waals surface area contributed by atoms with Crippen LogP contribution in [0.1, 0.15) is 5.56 Å². The van der Waals surface area contributed by atoms with Crippen molar-refractivity contribution in [2.45, 2.75) is 6.92 Å². The van der Waals surface area contributed by atoms with Gasteiger partial charge in [-0.05, 0) is 53.9 Å². The maximum Gasteiger partial charge on any atom is 0.243 e. The van der Waals surface area contributed by atoms with Crippen LogP contribution in [0.5, 0.6) is 5.75 Å². The van der Waals surface area contributed by atoms with Crippen LogP contribution in [0.2, 0.25) is 0 Å². The fourth-order valence-corrected chi connectivity index (χ4v) is 2.90. The average molecular weight is 316 g/mol.